The molecule has 4 aliphatic rings. The van der Waals surface area contributed by atoms with Gasteiger partial charge in [-0.3, -0.25) is 9.78 Å². The SMILES string of the molecule is C=C(C)C1CCC2(C)C(CC=C(C)C23Cc2c(cc(-c4cccnc4)oc2=O)O3)C12CCC(=O)OC2. The largest absolute Gasteiger partial charge is 0.481 e. The highest BCUT2D eigenvalue weighted by molar-refractivity contribution is 5.70. The highest BCUT2D eigenvalue weighted by Crippen LogP contribution is 2.68. The number of esters is 1. The van der Waals surface area contributed by atoms with Gasteiger partial charge in [0.2, 0.25) is 0 Å². The summed E-state index contributed by atoms with van der Waals surface area (Å²) in [5, 5.41) is 0. The summed E-state index contributed by atoms with van der Waals surface area (Å²) in [6.45, 7) is 11.3. The van der Waals surface area contributed by atoms with Crippen molar-refractivity contribution in [3.05, 3.63) is 70.4 Å². The fraction of sp³-hybridized carbons (Fsp3) is 0.500. The molecule has 2 aliphatic heterocycles. The fourth-order valence-corrected chi connectivity index (χ4v) is 8.06. The Kier molecular flexibility index (Phi) is 5.12. The Morgan fingerprint density at radius 2 is 2.08 bits per heavy atom. The lowest BCUT2D eigenvalue weighted by molar-refractivity contribution is -0.192. The van der Waals surface area contributed by atoms with Crippen molar-refractivity contribution >= 4 is 5.97 Å². The minimum atomic E-state index is -0.644. The summed E-state index contributed by atoms with van der Waals surface area (Å²) < 4.78 is 18.4. The molecule has 0 amide bonds. The van der Waals surface area contributed by atoms with Gasteiger partial charge in [0.1, 0.15) is 17.1 Å². The van der Waals surface area contributed by atoms with Crippen LogP contribution in [0, 0.1) is 22.7 Å². The van der Waals surface area contributed by atoms with Crippen LogP contribution in [0.4, 0.5) is 0 Å². The zero-order chi connectivity index (χ0) is 25.3. The molecular formula is C30H33NO5. The van der Waals surface area contributed by atoms with Crippen molar-refractivity contribution in [3.8, 4) is 17.1 Å². The number of fused-ring (bicyclic) bond motifs is 4. The molecule has 6 nitrogen and oxygen atoms in total. The quantitative estimate of drug-likeness (QED) is 0.402. The van der Waals surface area contributed by atoms with Gasteiger partial charge in [-0.05, 0) is 69.1 Å². The predicted octanol–water partition coefficient (Wildman–Crippen LogP) is 5.66. The summed E-state index contributed by atoms with van der Waals surface area (Å²) in [5.74, 6) is 1.47. The molecule has 0 bridgehead atoms. The molecule has 0 N–H and O–H groups in total. The van der Waals surface area contributed by atoms with Crippen molar-refractivity contribution in [2.45, 2.75) is 64.9 Å². The van der Waals surface area contributed by atoms with Gasteiger partial charge in [-0.25, -0.2) is 4.79 Å². The minimum Gasteiger partial charge on any atom is -0.481 e. The third-order valence-electron chi connectivity index (χ3n) is 9.88. The molecule has 2 spiro atoms. The number of carbonyl (C=O) groups excluding carboxylic acids is 1. The second kappa shape index (κ2) is 7.92. The van der Waals surface area contributed by atoms with Gasteiger partial charge < -0.3 is 13.9 Å². The van der Waals surface area contributed by atoms with Crippen LogP contribution in [0.5, 0.6) is 5.75 Å². The molecule has 0 aromatic carbocycles. The Bertz CT molecular complexity index is 1330. The van der Waals surface area contributed by atoms with Crippen molar-refractivity contribution in [3.63, 3.8) is 0 Å². The van der Waals surface area contributed by atoms with E-state index in [-0.39, 0.29) is 28.3 Å². The molecule has 2 aromatic rings. The highest BCUT2D eigenvalue weighted by atomic mass is 16.5. The molecule has 2 aliphatic carbocycles. The van der Waals surface area contributed by atoms with Gasteiger partial charge in [-0.2, -0.15) is 0 Å². The molecule has 188 valence electrons. The smallest absolute Gasteiger partial charge is 0.343 e. The third-order valence-corrected chi connectivity index (χ3v) is 9.88. The van der Waals surface area contributed by atoms with Crippen LogP contribution in [0.25, 0.3) is 11.3 Å². The number of carbonyl (C=O) groups is 1. The van der Waals surface area contributed by atoms with E-state index in [9.17, 15) is 9.59 Å². The maximum Gasteiger partial charge on any atom is 0.343 e. The van der Waals surface area contributed by atoms with Gasteiger partial charge in [0.25, 0.3) is 0 Å². The van der Waals surface area contributed by atoms with Gasteiger partial charge in [-0.15, -0.1) is 0 Å². The van der Waals surface area contributed by atoms with Crippen molar-refractivity contribution in [2.24, 2.45) is 22.7 Å². The monoisotopic (exact) mass is 487 g/mol. The Morgan fingerprint density at radius 3 is 2.78 bits per heavy atom. The zero-order valence-electron chi connectivity index (χ0n) is 21.3. The molecule has 5 unspecified atom stereocenters. The first kappa shape index (κ1) is 23.3. The standard InChI is InChI=1S/C30H33NO5/c1-18(2)22-9-11-28(4)25(29(22)12-10-26(32)34-17-29)8-7-19(3)30(28)15-21-24(36-30)14-23(35-27(21)33)20-6-5-13-31-16-20/h5-7,13-14,16,22,25H,1,8-12,15,17H2,2-4H3. The number of nitrogens with zero attached hydrogens (tertiary/aromatic N) is 1. The van der Waals surface area contributed by atoms with E-state index in [4.69, 9.17) is 13.9 Å². The molecular weight excluding hydrogens is 454 g/mol. The average molecular weight is 488 g/mol. The molecule has 5 atom stereocenters. The normalized spacial score (nSPS) is 35.0. The number of pyridine rings is 1. The second-order valence-electron chi connectivity index (χ2n) is 11.5. The first-order chi connectivity index (χ1) is 17.2. The lowest BCUT2D eigenvalue weighted by Crippen LogP contribution is -2.65. The van der Waals surface area contributed by atoms with E-state index in [1.165, 1.54) is 0 Å². The maximum absolute atomic E-state index is 13.2. The Labute approximate surface area is 211 Å². The molecule has 2 aromatic heterocycles. The summed E-state index contributed by atoms with van der Waals surface area (Å²) in [4.78, 5) is 29.5. The van der Waals surface area contributed by atoms with E-state index in [2.05, 4.69) is 38.4 Å². The Morgan fingerprint density at radius 1 is 1.25 bits per heavy atom. The van der Waals surface area contributed by atoms with E-state index in [1.807, 2.05) is 18.2 Å². The van der Waals surface area contributed by atoms with Crippen LogP contribution < -0.4 is 10.4 Å². The zero-order valence-corrected chi connectivity index (χ0v) is 21.3. The summed E-state index contributed by atoms with van der Waals surface area (Å²) in [6.07, 6.45) is 10.2. The molecule has 0 radical (unpaired) electrons. The lowest BCUT2D eigenvalue weighted by atomic mass is 9.42. The van der Waals surface area contributed by atoms with Crippen LogP contribution in [0.3, 0.4) is 0 Å². The van der Waals surface area contributed by atoms with E-state index in [0.29, 0.717) is 42.4 Å². The summed E-state index contributed by atoms with van der Waals surface area (Å²) in [7, 11) is 0. The molecule has 2 fully saturated rings. The topological polar surface area (TPSA) is 78.6 Å². The first-order valence-electron chi connectivity index (χ1n) is 12.9. The Balaban J connectivity index is 1.45. The van der Waals surface area contributed by atoms with Gasteiger partial charge in [0.05, 0.1) is 12.2 Å². The minimum absolute atomic E-state index is 0.115. The second-order valence-corrected chi connectivity index (χ2v) is 11.5. The molecule has 6 heteroatoms. The predicted molar refractivity (Wildman–Crippen MR) is 135 cm³/mol. The van der Waals surface area contributed by atoms with Gasteiger partial charge in [0, 0.05) is 47.7 Å². The van der Waals surface area contributed by atoms with Crippen LogP contribution in [0.15, 0.2) is 63.6 Å². The number of cyclic esters (lactones) is 1. The van der Waals surface area contributed by atoms with Gasteiger partial charge in [0.15, 0.2) is 0 Å². The van der Waals surface area contributed by atoms with Crippen LogP contribution in [0.1, 0.15) is 58.4 Å². The molecule has 1 saturated carbocycles. The molecule has 36 heavy (non-hydrogen) atoms. The summed E-state index contributed by atoms with van der Waals surface area (Å²) >= 11 is 0. The lowest BCUT2D eigenvalue weighted by Gasteiger charge is -2.64. The number of hydrogen-bond acceptors (Lipinski definition) is 6. The van der Waals surface area contributed by atoms with Crippen molar-refractivity contribution in [1.29, 1.82) is 0 Å². The first-order valence-corrected chi connectivity index (χ1v) is 12.9. The Hall–Kier alpha value is -3.15. The van der Waals surface area contributed by atoms with Crippen molar-refractivity contribution in [2.75, 3.05) is 6.61 Å². The summed E-state index contributed by atoms with van der Waals surface area (Å²) in [5.41, 5.74) is 2.25. The molecule has 1 saturated heterocycles. The fourth-order valence-electron chi connectivity index (χ4n) is 8.06. The molecule has 6 rings (SSSR count). The van der Waals surface area contributed by atoms with Crippen LogP contribution in [-0.4, -0.2) is 23.2 Å². The van der Waals surface area contributed by atoms with Crippen molar-refractivity contribution < 1.29 is 18.7 Å². The number of ether oxygens (including phenoxy) is 2. The highest BCUT2D eigenvalue weighted by Gasteiger charge is 2.68. The van der Waals surface area contributed by atoms with Crippen molar-refractivity contribution in [1.82, 2.24) is 4.98 Å². The third kappa shape index (κ3) is 3.06. The number of hydrogen-bond donors (Lipinski definition) is 0. The average Bonchev–Trinajstić information content (AvgIpc) is 3.27. The van der Waals surface area contributed by atoms with Crippen LogP contribution in [-0.2, 0) is 16.0 Å². The van der Waals surface area contributed by atoms with Gasteiger partial charge in [-0.1, -0.05) is 25.2 Å². The van der Waals surface area contributed by atoms with E-state index in [0.717, 1.165) is 42.4 Å². The van der Waals surface area contributed by atoms with Crippen LogP contribution >= 0.6 is 0 Å². The number of aromatic nitrogens is 1. The summed E-state index contributed by atoms with van der Waals surface area (Å²) in [6, 6.07) is 5.54. The maximum atomic E-state index is 13.2. The van der Waals surface area contributed by atoms with E-state index in [1.54, 1.807) is 12.4 Å². The van der Waals surface area contributed by atoms with Gasteiger partial charge >= 0.3 is 11.6 Å². The van der Waals surface area contributed by atoms with Crippen LogP contribution in [0.2, 0.25) is 0 Å². The number of allylic oxidation sites excluding steroid dienone is 2. The number of rotatable bonds is 2. The van der Waals surface area contributed by atoms with E-state index < -0.39 is 5.60 Å². The molecule has 4 heterocycles. The van der Waals surface area contributed by atoms with E-state index >= 15 is 0 Å².